The first-order valence-corrected chi connectivity index (χ1v) is 6.24. The van der Waals surface area contributed by atoms with Crippen LogP contribution < -0.4 is 5.43 Å². The van der Waals surface area contributed by atoms with Crippen molar-refractivity contribution in [1.82, 2.24) is 9.99 Å². The second kappa shape index (κ2) is 5.30. The Balaban J connectivity index is 2.20. The van der Waals surface area contributed by atoms with E-state index in [1.807, 2.05) is 0 Å². The molecule has 1 N–H and O–H groups in total. The largest absolute Gasteiger partial charge is 0.312 e. The molecule has 0 amide bonds. The lowest BCUT2D eigenvalue weighted by atomic mass is 10.00. The maximum Gasteiger partial charge on any atom is 0.312 e. The first-order valence-electron chi connectivity index (χ1n) is 6.24. The summed E-state index contributed by atoms with van der Waals surface area (Å²) in [6.45, 7) is 4.24. The summed E-state index contributed by atoms with van der Waals surface area (Å²) in [7, 11) is 0. The summed E-state index contributed by atoms with van der Waals surface area (Å²) in [6, 6.07) is 3.76. The molecule has 0 radical (unpaired) electrons. The van der Waals surface area contributed by atoms with E-state index < -0.39 is 4.92 Å². The van der Waals surface area contributed by atoms with Gasteiger partial charge in [-0.15, -0.1) is 0 Å². The summed E-state index contributed by atoms with van der Waals surface area (Å²) in [5.41, 5.74) is 3.13. The van der Waals surface area contributed by atoms with Crippen molar-refractivity contribution in [1.29, 1.82) is 0 Å². The highest BCUT2D eigenvalue weighted by molar-refractivity contribution is 5.54. The monoisotopic (exact) mass is 250 g/mol. The number of nitrogens with zero attached hydrogens (tertiary/aromatic N) is 3. The summed E-state index contributed by atoms with van der Waals surface area (Å²) in [5.74, 6) is 0.322. The standard InChI is InChI=1S/C12H18N4O2/c1-9-5-3-6-10(2)15(9)14-12-11(16(17)18)7-4-8-13-12/h4,7-10H,3,5-6H2,1-2H3,(H,13,14). The van der Waals surface area contributed by atoms with Gasteiger partial charge in [-0.2, -0.15) is 0 Å². The molecule has 1 aliphatic heterocycles. The number of pyridine rings is 1. The molecule has 6 heteroatoms. The van der Waals surface area contributed by atoms with Crippen molar-refractivity contribution in [3.63, 3.8) is 0 Å². The number of nitrogens with one attached hydrogen (secondary N) is 1. The van der Waals surface area contributed by atoms with Crippen molar-refractivity contribution in [3.8, 4) is 0 Å². The zero-order chi connectivity index (χ0) is 13.1. The Morgan fingerprint density at radius 2 is 2.11 bits per heavy atom. The fourth-order valence-corrected chi connectivity index (χ4v) is 2.39. The minimum atomic E-state index is -0.408. The third-order valence-corrected chi connectivity index (χ3v) is 3.41. The SMILES string of the molecule is CC1CCCC(C)N1Nc1ncccc1[N+](=O)[O-]. The quantitative estimate of drug-likeness (QED) is 0.659. The maximum absolute atomic E-state index is 10.9. The van der Waals surface area contributed by atoms with Crippen molar-refractivity contribution in [2.45, 2.75) is 45.2 Å². The van der Waals surface area contributed by atoms with Crippen LogP contribution in [0.2, 0.25) is 0 Å². The van der Waals surface area contributed by atoms with Crippen molar-refractivity contribution in [2.24, 2.45) is 0 Å². The Labute approximate surface area is 106 Å². The molecule has 0 aliphatic carbocycles. The van der Waals surface area contributed by atoms with Crippen LogP contribution in [0.25, 0.3) is 0 Å². The molecule has 0 aromatic carbocycles. The average molecular weight is 250 g/mol. The van der Waals surface area contributed by atoms with Crippen LogP contribution in [0.3, 0.4) is 0 Å². The third kappa shape index (κ3) is 2.59. The van der Waals surface area contributed by atoms with E-state index in [1.54, 1.807) is 12.3 Å². The molecular formula is C12H18N4O2. The molecule has 1 fully saturated rings. The lowest BCUT2D eigenvalue weighted by molar-refractivity contribution is -0.384. The predicted octanol–water partition coefficient (Wildman–Crippen LogP) is 2.58. The van der Waals surface area contributed by atoms with Crippen LogP contribution in [0.4, 0.5) is 11.5 Å². The van der Waals surface area contributed by atoms with Gasteiger partial charge < -0.3 is 0 Å². The first kappa shape index (κ1) is 12.8. The fraction of sp³-hybridized carbons (Fsp3) is 0.583. The van der Waals surface area contributed by atoms with E-state index in [9.17, 15) is 10.1 Å². The van der Waals surface area contributed by atoms with Crippen LogP contribution in [0.15, 0.2) is 18.3 Å². The van der Waals surface area contributed by atoms with Gasteiger partial charge in [0.25, 0.3) is 0 Å². The van der Waals surface area contributed by atoms with Crippen LogP contribution in [0.1, 0.15) is 33.1 Å². The van der Waals surface area contributed by atoms with Gasteiger partial charge in [0.05, 0.1) is 4.92 Å². The van der Waals surface area contributed by atoms with E-state index in [0.29, 0.717) is 17.9 Å². The van der Waals surface area contributed by atoms with Crippen LogP contribution >= 0.6 is 0 Å². The van der Waals surface area contributed by atoms with Gasteiger partial charge in [-0.1, -0.05) is 6.42 Å². The lowest BCUT2D eigenvalue weighted by Crippen LogP contribution is -2.47. The Kier molecular flexibility index (Phi) is 3.76. The van der Waals surface area contributed by atoms with Gasteiger partial charge in [0.2, 0.25) is 5.82 Å². The number of aromatic nitrogens is 1. The molecule has 0 bridgehead atoms. The third-order valence-electron chi connectivity index (χ3n) is 3.41. The Morgan fingerprint density at radius 1 is 1.44 bits per heavy atom. The van der Waals surface area contributed by atoms with Gasteiger partial charge >= 0.3 is 5.69 Å². The number of nitro groups is 1. The fourth-order valence-electron chi connectivity index (χ4n) is 2.39. The summed E-state index contributed by atoms with van der Waals surface area (Å²) in [6.07, 6.45) is 4.95. The molecule has 0 saturated carbocycles. The molecule has 0 spiro atoms. The van der Waals surface area contributed by atoms with Crippen molar-refractivity contribution >= 4 is 11.5 Å². The maximum atomic E-state index is 10.9. The summed E-state index contributed by atoms with van der Waals surface area (Å²) in [4.78, 5) is 14.6. The summed E-state index contributed by atoms with van der Waals surface area (Å²) in [5, 5.41) is 13.0. The second-order valence-electron chi connectivity index (χ2n) is 4.78. The van der Waals surface area contributed by atoms with Crippen LogP contribution in [-0.2, 0) is 0 Å². The summed E-state index contributed by atoms with van der Waals surface area (Å²) < 4.78 is 0. The molecule has 1 aliphatic rings. The Morgan fingerprint density at radius 3 is 2.72 bits per heavy atom. The van der Waals surface area contributed by atoms with Gasteiger partial charge in [0.15, 0.2) is 0 Å². The molecule has 2 rings (SSSR count). The minimum absolute atomic E-state index is 0.0162. The Hall–Kier alpha value is -1.69. The van der Waals surface area contributed by atoms with Gasteiger partial charge in [-0.05, 0) is 32.8 Å². The van der Waals surface area contributed by atoms with Gasteiger partial charge in [0, 0.05) is 24.3 Å². The number of anilines is 1. The molecule has 2 unspecified atom stereocenters. The Bertz CT molecular complexity index is 428. The van der Waals surface area contributed by atoms with Gasteiger partial charge in [-0.3, -0.25) is 15.5 Å². The van der Waals surface area contributed by atoms with Gasteiger partial charge in [-0.25, -0.2) is 9.99 Å². The number of hydrogen-bond acceptors (Lipinski definition) is 5. The number of piperidine rings is 1. The van der Waals surface area contributed by atoms with Crippen LogP contribution in [-0.4, -0.2) is 27.0 Å². The van der Waals surface area contributed by atoms with Crippen LogP contribution in [0, 0.1) is 10.1 Å². The average Bonchev–Trinajstić information content (AvgIpc) is 2.34. The molecule has 2 atom stereocenters. The van der Waals surface area contributed by atoms with E-state index in [1.165, 1.54) is 12.5 Å². The van der Waals surface area contributed by atoms with E-state index >= 15 is 0 Å². The van der Waals surface area contributed by atoms with Crippen molar-refractivity contribution in [2.75, 3.05) is 5.43 Å². The highest BCUT2D eigenvalue weighted by atomic mass is 16.6. The molecule has 1 aromatic rings. The molecule has 6 nitrogen and oxygen atoms in total. The zero-order valence-electron chi connectivity index (χ0n) is 10.7. The smallest absolute Gasteiger partial charge is 0.297 e. The topological polar surface area (TPSA) is 71.3 Å². The zero-order valence-corrected chi connectivity index (χ0v) is 10.7. The first-order chi connectivity index (χ1) is 8.59. The number of hydrazine groups is 1. The van der Waals surface area contributed by atoms with Crippen LogP contribution in [0.5, 0.6) is 0 Å². The molecular weight excluding hydrogens is 232 g/mol. The number of hydrogen-bond donors (Lipinski definition) is 1. The molecule has 98 valence electrons. The van der Waals surface area contributed by atoms with Crippen molar-refractivity contribution in [3.05, 3.63) is 28.4 Å². The van der Waals surface area contributed by atoms with E-state index in [0.717, 1.165) is 12.8 Å². The number of rotatable bonds is 3. The van der Waals surface area contributed by atoms with E-state index in [4.69, 9.17) is 0 Å². The van der Waals surface area contributed by atoms with E-state index in [2.05, 4.69) is 29.3 Å². The second-order valence-corrected chi connectivity index (χ2v) is 4.78. The van der Waals surface area contributed by atoms with E-state index in [-0.39, 0.29) is 5.69 Å². The predicted molar refractivity (Wildman–Crippen MR) is 69.1 cm³/mol. The minimum Gasteiger partial charge on any atom is -0.297 e. The lowest BCUT2D eigenvalue weighted by Gasteiger charge is -2.38. The highest BCUT2D eigenvalue weighted by Gasteiger charge is 2.27. The summed E-state index contributed by atoms with van der Waals surface area (Å²) >= 11 is 0. The highest BCUT2D eigenvalue weighted by Crippen LogP contribution is 2.26. The van der Waals surface area contributed by atoms with Gasteiger partial charge in [0.1, 0.15) is 0 Å². The van der Waals surface area contributed by atoms with Crippen molar-refractivity contribution < 1.29 is 4.92 Å². The normalized spacial score (nSPS) is 24.8. The molecule has 18 heavy (non-hydrogen) atoms. The molecule has 1 saturated heterocycles. The molecule has 1 aromatic heterocycles. The molecule has 2 heterocycles.